The van der Waals surface area contributed by atoms with Gasteiger partial charge in [0, 0.05) is 12.6 Å². The molecular formula is C10H17N3O3S. The molecule has 96 valence electrons. The lowest BCUT2D eigenvalue weighted by Gasteiger charge is -2.35. The van der Waals surface area contributed by atoms with Gasteiger partial charge in [-0.15, -0.1) is 0 Å². The monoisotopic (exact) mass is 259 g/mol. The van der Waals surface area contributed by atoms with E-state index in [4.69, 9.17) is 10.5 Å². The number of thiocarbonyl (C=S) groups is 1. The maximum Gasteiger partial charge on any atom is 0.309 e. The molecular weight excluding hydrogens is 242 g/mol. The van der Waals surface area contributed by atoms with E-state index in [1.165, 1.54) is 0 Å². The number of hydrogen-bond donors (Lipinski definition) is 3. The fourth-order valence-electron chi connectivity index (χ4n) is 1.55. The largest absolute Gasteiger partial charge is 0.392 e. The summed E-state index contributed by atoms with van der Waals surface area (Å²) in [5.74, 6) is -1.36. The van der Waals surface area contributed by atoms with Crippen LogP contribution < -0.4 is 16.4 Å². The van der Waals surface area contributed by atoms with Crippen LogP contribution in [0.5, 0.6) is 0 Å². The van der Waals surface area contributed by atoms with Gasteiger partial charge in [0.05, 0.1) is 17.6 Å². The molecule has 7 heteroatoms. The van der Waals surface area contributed by atoms with Gasteiger partial charge in [-0.25, -0.2) is 0 Å². The normalized spacial score (nSPS) is 22.4. The number of nitrogens with one attached hydrogen (secondary N) is 2. The Morgan fingerprint density at radius 1 is 1.41 bits per heavy atom. The molecule has 0 unspecified atom stereocenters. The van der Waals surface area contributed by atoms with Crippen molar-refractivity contribution in [3.8, 4) is 0 Å². The van der Waals surface area contributed by atoms with Crippen molar-refractivity contribution in [2.45, 2.75) is 31.9 Å². The highest BCUT2D eigenvalue weighted by molar-refractivity contribution is 7.80. The molecule has 1 aliphatic carbocycles. The van der Waals surface area contributed by atoms with Gasteiger partial charge in [-0.05, 0) is 19.8 Å². The fourth-order valence-corrected chi connectivity index (χ4v) is 1.63. The molecule has 0 aromatic rings. The first-order valence-corrected chi connectivity index (χ1v) is 5.92. The summed E-state index contributed by atoms with van der Waals surface area (Å²) < 4.78 is 5.34. The van der Waals surface area contributed by atoms with Gasteiger partial charge in [-0.3, -0.25) is 9.59 Å². The van der Waals surface area contributed by atoms with E-state index in [9.17, 15) is 9.59 Å². The van der Waals surface area contributed by atoms with E-state index < -0.39 is 11.8 Å². The molecule has 0 spiro atoms. The Morgan fingerprint density at radius 2 is 2.06 bits per heavy atom. The molecule has 0 saturated heterocycles. The molecule has 0 atom stereocenters. The van der Waals surface area contributed by atoms with E-state index in [2.05, 4.69) is 22.9 Å². The van der Waals surface area contributed by atoms with Gasteiger partial charge >= 0.3 is 11.8 Å². The quantitative estimate of drug-likeness (QED) is 0.438. The van der Waals surface area contributed by atoms with Crippen molar-refractivity contribution in [2.75, 3.05) is 13.2 Å². The number of rotatable bonds is 5. The summed E-state index contributed by atoms with van der Waals surface area (Å²) in [6, 6.07) is 0.0228. The molecule has 1 aliphatic rings. The smallest absolute Gasteiger partial charge is 0.309 e. The van der Waals surface area contributed by atoms with Gasteiger partial charge in [0.2, 0.25) is 0 Å². The SMILES string of the molecule is CCOC1CC(NC(=O)C(=O)NCC(N)=S)C1. The summed E-state index contributed by atoms with van der Waals surface area (Å²) in [4.78, 5) is 22.8. The molecule has 17 heavy (non-hydrogen) atoms. The van der Waals surface area contributed by atoms with Crippen molar-refractivity contribution < 1.29 is 14.3 Å². The van der Waals surface area contributed by atoms with Crippen molar-refractivity contribution in [1.29, 1.82) is 0 Å². The van der Waals surface area contributed by atoms with Crippen molar-refractivity contribution in [3.05, 3.63) is 0 Å². The number of amides is 2. The average molecular weight is 259 g/mol. The number of hydrogen-bond acceptors (Lipinski definition) is 4. The Kier molecular flexibility index (Phi) is 5.30. The third-order valence-electron chi connectivity index (χ3n) is 2.46. The molecule has 0 aromatic carbocycles. The minimum Gasteiger partial charge on any atom is -0.392 e. The predicted octanol–water partition coefficient (Wildman–Crippen LogP) is -0.928. The van der Waals surface area contributed by atoms with Gasteiger partial charge in [-0.1, -0.05) is 12.2 Å². The second-order valence-electron chi connectivity index (χ2n) is 3.87. The maximum atomic E-state index is 11.4. The van der Waals surface area contributed by atoms with Crippen LogP contribution in [0.3, 0.4) is 0 Å². The molecule has 0 bridgehead atoms. The minimum atomic E-state index is -0.711. The van der Waals surface area contributed by atoms with Crippen LogP contribution in [0.4, 0.5) is 0 Å². The zero-order valence-corrected chi connectivity index (χ0v) is 10.5. The highest BCUT2D eigenvalue weighted by Gasteiger charge is 2.31. The average Bonchev–Trinajstić information content (AvgIpc) is 2.22. The highest BCUT2D eigenvalue weighted by Crippen LogP contribution is 2.22. The van der Waals surface area contributed by atoms with Crippen LogP contribution in [0.2, 0.25) is 0 Å². The summed E-state index contributed by atoms with van der Waals surface area (Å²) >= 11 is 4.58. The molecule has 0 aliphatic heterocycles. The molecule has 4 N–H and O–H groups in total. The Labute approximate surface area is 105 Å². The first-order valence-electron chi connectivity index (χ1n) is 5.51. The molecule has 2 amide bonds. The van der Waals surface area contributed by atoms with Gasteiger partial charge in [0.15, 0.2) is 0 Å². The fraction of sp³-hybridized carbons (Fsp3) is 0.700. The lowest BCUT2D eigenvalue weighted by molar-refractivity contribution is -0.140. The van der Waals surface area contributed by atoms with Crippen molar-refractivity contribution in [1.82, 2.24) is 10.6 Å². The highest BCUT2D eigenvalue weighted by atomic mass is 32.1. The number of ether oxygens (including phenoxy) is 1. The Bertz CT molecular complexity index is 316. The Morgan fingerprint density at radius 3 is 2.59 bits per heavy atom. The van der Waals surface area contributed by atoms with Crippen molar-refractivity contribution in [2.24, 2.45) is 5.73 Å². The summed E-state index contributed by atoms with van der Waals surface area (Å²) in [5.41, 5.74) is 5.20. The molecule has 6 nitrogen and oxygen atoms in total. The second kappa shape index (κ2) is 6.51. The lowest BCUT2D eigenvalue weighted by atomic mass is 9.89. The predicted molar refractivity (Wildman–Crippen MR) is 66.4 cm³/mol. The van der Waals surface area contributed by atoms with Gasteiger partial charge in [0.1, 0.15) is 0 Å². The molecule has 1 saturated carbocycles. The molecule has 1 fully saturated rings. The molecule has 0 heterocycles. The van der Waals surface area contributed by atoms with Gasteiger partial charge < -0.3 is 21.1 Å². The van der Waals surface area contributed by atoms with E-state index in [0.717, 1.165) is 12.8 Å². The van der Waals surface area contributed by atoms with Crippen LogP contribution in [0, 0.1) is 0 Å². The van der Waals surface area contributed by atoms with Gasteiger partial charge in [0.25, 0.3) is 0 Å². The first-order chi connectivity index (χ1) is 8.02. The standard InChI is InChI=1S/C10H17N3O3S/c1-2-16-7-3-6(4-7)13-10(15)9(14)12-5-8(11)17/h6-7H,2-5H2,1H3,(H2,11,17)(H,12,14)(H,13,15). The Balaban J connectivity index is 2.17. The van der Waals surface area contributed by atoms with Crippen LogP contribution in [-0.2, 0) is 14.3 Å². The van der Waals surface area contributed by atoms with E-state index in [1.54, 1.807) is 0 Å². The maximum absolute atomic E-state index is 11.4. The Hall–Kier alpha value is -1.21. The van der Waals surface area contributed by atoms with E-state index >= 15 is 0 Å². The van der Waals surface area contributed by atoms with Crippen LogP contribution >= 0.6 is 12.2 Å². The summed E-state index contributed by atoms with van der Waals surface area (Å²) in [7, 11) is 0. The topological polar surface area (TPSA) is 93.4 Å². The zero-order chi connectivity index (χ0) is 12.8. The van der Waals surface area contributed by atoms with E-state index in [1.807, 2.05) is 6.92 Å². The van der Waals surface area contributed by atoms with Crippen molar-refractivity contribution >= 4 is 29.0 Å². The number of carbonyl (C=O) groups excluding carboxylic acids is 2. The van der Waals surface area contributed by atoms with Crippen molar-refractivity contribution in [3.63, 3.8) is 0 Å². The molecule has 0 aromatic heterocycles. The van der Waals surface area contributed by atoms with E-state index in [0.29, 0.717) is 6.61 Å². The number of nitrogens with two attached hydrogens (primary N) is 1. The molecule has 0 radical (unpaired) electrons. The number of carbonyl (C=O) groups is 2. The van der Waals surface area contributed by atoms with Gasteiger partial charge in [-0.2, -0.15) is 0 Å². The van der Waals surface area contributed by atoms with Crippen LogP contribution in [0.15, 0.2) is 0 Å². The third kappa shape index (κ3) is 4.66. The van der Waals surface area contributed by atoms with Crippen LogP contribution in [0.25, 0.3) is 0 Å². The zero-order valence-electron chi connectivity index (χ0n) is 9.69. The summed E-state index contributed by atoms with van der Waals surface area (Å²) in [6.07, 6.45) is 1.70. The van der Waals surface area contributed by atoms with Crippen LogP contribution in [-0.4, -0.2) is 42.1 Å². The summed E-state index contributed by atoms with van der Waals surface area (Å²) in [5, 5.41) is 4.94. The van der Waals surface area contributed by atoms with E-state index in [-0.39, 0.29) is 23.7 Å². The molecule has 1 rings (SSSR count). The van der Waals surface area contributed by atoms with Crippen LogP contribution in [0.1, 0.15) is 19.8 Å². The minimum absolute atomic E-state index is 0.0228. The second-order valence-corrected chi connectivity index (χ2v) is 4.39. The first kappa shape index (κ1) is 13.9. The third-order valence-corrected chi connectivity index (χ3v) is 2.61. The summed E-state index contributed by atoms with van der Waals surface area (Å²) in [6.45, 7) is 2.63. The lowest BCUT2D eigenvalue weighted by Crippen LogP contribution is -2.52.